The fraction of sp³-hybridized carbons (Fsp3) is 0.455. The van der Waals surface area contributed by atoms with E-state index in [4.69, 9.17) is 10.5 Å². The number of ether oxygens (including phenoxy) is 1. The average Bonchev–Trinajstić information content (AvgIpc) is 2.28. The first-order valence-electron chi connectivity index (χ1n) is 4.76. The van der Waals surface area contributed by atoms with Gasteiger partial charge in [-0.1, -0.05) is 0 Å². The number of hydrogen-bond acceptors (Lipinski definition) is 3. The van der Waals surface area contributed by atoms with E-state index < -0.39 is 6.67 Å². The lowest BCUT2D eigenvalue weighted by atomic mass is 10.1. The minimum atomic E-state index is -0.463. The van der Waals surface area contributed by atoms with Gasteiger partial charge in [0.15, 0.2) is 0 Å². The third kappa shape index (κ3) is 2.86. The number of hydrogen-bond donors (Lipinski definition) is 1. The number of nitrogens with two attached hydrogens (primary N) is 1. The van der Waals surface area contributed by atoms with Gasteiger partial charge in [0, 0.05) is 10.5 Å². The second-order valence-corrected chi connectivity index (χ2v) is 4.00. The fourth-order valence-electron chi connectivity index (χ4n) is 1.48. The number of alkyl halides is 1. The normalized spacial score (nSPS) is 10.4. The van der Waals surface area contributed by atoms with Crippen molar-refractivity contribution in [2.45, 2.75) is 18.0 Å². The molecule has 0 aromatic heterocycles. The molecule has 0 aliphatic heterocycles. The smallest absolute Gasteiger partial charge is 0.122 e. The molecule has 1 rings (SSSR count). The van der Waals surface area contributed by atoms with Crippen LogP contribution in [0.5, 0.6) is 5.75 Å². The highest BCUT2D eigenvalue weighted by atomic mass is 32.2. The maximum Gasteiger partial charge on any atom is 0.122 e. The second kappa shape index (κ2) is 5.98. The van der Waals surface area contributed by atoms with Gasteiger partial charge in [0.2, 0.25) is 0 Å². The maximum atomic E-state index is 12.7. The van der Waals surface area contributed by atoms with Gasteiger partial charge in [0.05, 0.1) is 7.11 Å². The molecule has 0 aliphatic rings. The van der Waals surface area contributed by atoms with Crippen LogP contribution in [-0.2, 0) is 13.1 Å². The zero-order chi connectivity index (χ0) is 11.3. The summed E-state index contributed by atoms with van der Waals surface area (Å²) in [5.74, 6) is 0.728. The van der Waals surface area contributed by atoms with E-state index in [1.54, 1.807) is 24.9 Å². The summed E-state index contributed by atoms with van der Waals surface area (Å²) in [7, 11) is 1.59. The van der Waals surface area contributed by atoms with Gasteiger partial charge in [-0.15, -0.1) is 11.8 Å². The molecule has 1 aromatic rings. The fourth-order valence-corrected chi connectivity index (χ4v) is 2.12. The highest BCUT2D eigenvalue weighted by Crippen LogP contribution is 2.30. The van der Waals surface area contributed by atoms with E-state index in [1.807, 2.05) is 12.3 Å². The van der Waals surface area contributed by atoms with Gasteiger partial charge in [-0.2, -0.15) is 0 Å². The Balaban J connectivity index is 3.15. The number of rotatable bonds is 5. The van der Waals surface area contributed by atoms with Crippen LogP contribution in [-0.4, -0.2) is 19.9 Å². The van der Waals surface area contributed by atoms with E-state index in [1.165, 1.54) is 0 Å². The SMILES string of the molecule is COc1cc(CF)c(SC)cc1CCN. The van der Waals surface area contributed by atoms with E-state index >= 15 is 0 Å². The zero-order valence-electron chi connectivity index (χ0n) is 9.05. The summed E-state index contributed by atoms with van der Waals surface area (Å²) in [5, 5.41) is 0. The molecule has 2 N–H and O–H groups in total. The van der Waals surface area contributed by atoms with Gasteiger partial charge in [0.1, 0.15) is 12.4 Å². The Kier molecular flexibility index (Phi) is 4.91. The molecule has 0 amide bonds. The molecule has 84 valence electrons. The van der Waals surface area contributed by atoms with Crippen molar-refractivity contribution in [3.05, 3.63) is 23.3 Å². The molecular weight excluding hydrogens is 213 g/mol. The maximum absolute atomic E-state index is 12.7. The van der Waals surface area contributed by atoms with Crippen molar-refractivity contribution >= 4 is 11.8 Å². The molecule has 2 nitrogen and oxygen atoms in total. The van der Waals surface area contributed by atoms with Gasteiger partial charge >= 0.3 is 0 Å². The molecule has 0 aliphatic carbocycles. The molecule has 0 saturated heterocycles. The van der Waals surface area contributed by atoms with Crippen LogP contribution >= 0.6 is 11.8 Å². The summed E-state index contributed by atoms with van der Waals surface area (Å²) in [5.41, 5.74) is 7.23. The molecule has 15 heavy (non-hydrogen) atoms. The molecule has 0 atom stereocenters. The Morgan fingerprint density at radius 3 is 2.60 bits per heavy atom. The van der Waals surface area contributed by atoms with E-state index in [2.05, 4.69) is 0 Å². The van der Waals surface area contributed by atoms with Crippen molar-refractivity contribution in [1.29, 1.82) is 0 Å². The summed E-state index contributed by atoms with van der Waals surface area (Å²) in [6.45, 7) is 0.106. The summed E-state index contributed by atoms with van der Waals surface area (Å²) >= 11 is 1.54. The Hall–Kier alpha value is -0.740. The van der Waals surface area contributed by atoms with Gasteiger partial charge < -0.3 is 10.5 Å². The summed E-state index contributed by atoms with van der Waals surface area (Å²) in [6, 6.07) is 3.72. The zero-order valence-corrected chi connectivity index (χ0v) is 9.86. The number of thioether (sulfide) groups is 1. The van der Waals surface area contributed by atoms with Gasteiger partial charge in [-0.05, 0) is 36.9 Å². The van der Waals surface area contributed by atoms with Crippen molar-refractivity contribution in [3.8, 4) is 5.75 Å². The Morgan fingerprint density at radius 2 is 2.13 bits per heavy atom. The van der Waals surface area contributed by atoms with Crippen LogP contribution in [0.4, 0.5) is 4.39 Å². The quantitative estimate of drug-likeness (QED) is 0.787. The molecule has 0 unspecified atom stereocenters. The third-order valence-electron chi connectivity index (χ3n) is 2.24. The lowest BCUT2D eigenvalue weighted by Gasteiger charge is -2.12. The molecular formula is C11H16FNOS. The number of methoxy groups -OCH3 is 1. The van der Waals surface area contributed by atoms with Crippen LogP contribution in [0, 0.1) is 0 Å². The van der Waals surface area contributed by atoms with E-state index in [-0.39, 0.29) is 0 Å². The second-order valence-electron chi connectivity index (χ2n) is 3.15. The first-order chi connectivity index (χ1) is 7.26. The van der Waals surface area contributed by atoms with Gasteiger partial charge in [-0.3, -0.25) is 0 Å². The first kappa shape index (κ1) is 12.3. The first-order valence-corrected chi connectivity index (χ1v) is 5.99. The Labute approximate surface area is 94.0 Å². The summed E-state index contributed by atoms with van der Waals surface area (Å²) < 4.78 is 17.9. The van der Waals surface area contributed by atoms with Gasteiger partial charge in [-0.25, -0.2) is 4.39 Å². The number of halogens is 1. The summed E-state index contributed by atoms with van der Waals surface area (Å²) in [6.07, 6.45) is 2.69. The monoisotopic (exact) mass is 229 g/mol. The summed E-state index contributed by atoms with van der Waals surface area (Å²) in [4.78, 5) is 0.960. The molecule has 0 fully saturated rings. The van der Waals surface area contributed by atoms with Crippen LogP contribution in [0.3, 0.4) is 0 Å². The Morgan fingerprint density at radius 1 is 1.40 bits per heavy atom. The molecule has 0 spiro atoms. The topological polar surface area (TPSA) is 35.2 Å². The minimum absolute atomic E-state index is 0.463. The van der Waals surface area contributed by atoms with Crippen molar-refractivity contribution in [2.24, 2.45) is 5.73 Å². The van der Waals surface area contributed by atoms with Crippen LogP contribution in [0.25, 0.3) is 0 Å². The van der Waals surface area contributed by atoms with Gasteiger partial charge in [0.25, 0.3) is 0 Å². The largest absolute Gasteiger partial charge is 0.496 e. The molecule has 0 bridgehead atoms. The molecule has 1 aromatic carbocycles. The van der Waals surface area contributed by atoms with Crippen molar-refractivity contribution < 1.29 is 9.13 Å². The highest BCUT2D eigenvalue weighted by molar-refractivity contribution is 7.98. The minimum Gasteiger partial charge on any atom is -0.496 e. The van der Waals surface area contributed by atoms with Crippen molar-refractivity contribution in [1.82, 2.24) is 0 Å². The Bertz CT molecular complexity index is 331. The predicted octanol–water partition coefficient (Wildman–Crippen LogP) is 2.39. The van der Waals surface area contributed by atoms with Crippen LogP contribution in [0.15, 0.2) is 17.0 Å². The predicted molar refractivity (Wildman–Crippen MR) is 62.3 cm³/mol. The highest BCUT2D eigenvalue weighted by Gasteiger charge is 2.09. The van der Waals surface area contributed by atoms with Crippen LogP contribution in [0.1, 0.15) is 11.1 Å². The van der Waals surface area contributed by atoms with E-state index in [0.717, 1.165) is 22.6 Å². The van der Waals surface area contributed by atoms with Crippen LogP contribution in [0.2, 0.25) is 0 Å². The molecule has 0 saturated carbocycles. The lowest BCUT2D eigenvalue weighted by Crippen LogP contribution is -2.05. The standard InChI is InChI=1S/C11H16FNOS/c1-14-10-5-9(7-12)11(15-2)6-8(10)3-4-13/h5-6H,3-4,7,13H2,1-2H3. The van der Waals surface area contributed by atoms with Crippen molar-refractivity contribution in [2.75, 3.05) is 19.9 Å². The average molecular weight is 229 g/mol. The molecule has 0 radical (unpaired) electrons. The molecule has 4 heteroatoms. The number of benzene rings is 1. The van der Waals surface area contributed by atoms with E-state index in [9.17, 15) is 4.39 Å². The molecule has 0 heterocycles. The third-order valence-corrected chi connectivity index (χ3v) is 3.06. The lowest BCUT2D eigenvalue weighted by molar-refractivity contribution is 0.406. The van der Waals surface area contributed by atoms with E-state index in [0.29, 0.717) is 12.1 Å². The van der Waals surface area contributed by atoms with Crippen LogP contribution < -0.4 is 10.5 Å². The van der Waals surface area contributed by atoms with Crippen molar-refractivity contribution in [3.63, 3.8) is 0 Å².